The van der Waals surface area contributed by atoms with E-state index in [0.717, 1.165) is 17.6 Å². The predicted molar refractivity (Wildman–Crippen MR) is 135 cm³/mol. The van der Waals surface area contributed by atoms with Crippen LogP contribution in [0, 0.1) is 0 Å². The number of amides is 1. The van der Waals surface area contributed by atoms with Gasteiger partial charge in [0.2, 0.25) is 10.0 Å². The molecule has 3 heterocycles. The van der Waals surface area contributed by atoms with Crippen molar-refractivity contribution in [2.45, 2.75) is 19.7 Å². The van der Waals surface area contributed by atoms with Gasteiger partial charge in [0.1, 0.15) is 23.6 Å². The van der Waals surface area contributed by atoms with Crippen LogP contribution in [0.25, 0.3) is 10.9 Å². The van der Waals surface area contributed by atoms with Crippen LogP contribution in [0.5, 0.6) is 11.5 Å². The first kappa shape index (κ1) is 23.7. The zero-order valence-electron chi connectivity index (χ0n) is 20.1. The Morgan fingerprint density at radius 1 is 1.14 bits per heavy atom. The normalized spacial score (nSPS) is 13.2. The highest BCUT2D eigenvalue weighted by molar-refractivity contribution is 7.92. The van der Waals surface area contributed by atoms with E-state index in [1.165, 1.54) is 11.4 Å². The number of hydrogen-bond acceptors (Lipinski definition) is 7. The zero-order valence-corrected chi connectivity index (χ0v) is 20.9. The molecular formula is C26H25N3O6S. The molecule has 0 spiro atoms. The maximum Gasteiger partial charge on any atom is 0.258 e. The number of ether oxygens (including phenoxy) is 2. The Morgan fingerprint density at radius 3 is 2.58 bits per heavy atom. The lowest BCUT2D eigenvalue weighted by atomic mass is 10.0. The largest absolute Gasteiger partial charge is 0.497 e. The highest BCUT2D eigenvalue weighted by Crippen LogP contribution is 2.45. The fraction of sp³-hybridized carbons (Fsp3) is 0.231. The van der Waals surface area contributed by atoms with Crippen LogP contribution in [0.3, 0.4) is 0 Å². The molecule has 10 heteroatoms. The molecule has 9 nitrogen and oxygen atoms in total. The van der Waals surface area contributed by atoms with Crippen LogP contribution in [0.4, 0.5) is 5.69 Å². The minimum Gasteiger partial charge on any atom is -0.497 e. The first-order chi connectivity index (χ1) is 17.3. The number of furan rings is 1. The summed E-state index contributed by atoms with van der Waals surface area (Å²) in [6.45, 7) is 0.632. The molecule has 36 heavy (non-hydrogen) atoms. The molecular weight excluding hydrogens is 482 g/mol. The molecule has 0 saturated carbocycles. The van der Waals surface area contributed by atoms with Crippen LogP contribution < -0.4 is 13.8 Å². The van der Waals surface area contributed by atoms with Gasteiger partial charge in [0.15, 0.2) is 5.75 Å². The standard InChI is InChI=1S/C26H25N3O6S/c1-28(36(3,31)32)24-20-7-4-12-27-23(20)25(35-16-17-8-10-18(33-2)11-9-17)22-21(24)15-29(26(22)30)14-19-6-5-13-34-19/h4-13H,14-16H2,1-3H3. The Balaban J connectivity index is 1.65. The van der Waals surface area contributed by atoms with Gasteiger partial charge in [0.25, 0.3) is 5.91 Å². The minimum absolute atomic E-state index is 0.189. The van der Waals surface area contributed by atoms with Crippen LogP contribution in [-0.2, 0) is 29.7 Å². The second kappa shape index (κ2) is 9.19. The Kier molecular flexibility index (Phi) is 6.05. The van der Waals surface area contributed by atoms with Crippen molar-refractivity contribution in [3.63, 3.8) is 0 Å². The number of carbonyl (C=O) groups is 1. The molecule has 0 unspecified atom stereocenters. The van der Waals surface area contributed by atoms with E-state index in [4.69, 9.17) is 13.9 Å². The van der Waals surface area contributed by atoms with Crippen molar-refractivity contribution in [1.82, 2.24) is 9.88 Å². The molecule has 0 atom stereocenters. The summed E-state index contributed by atoms with van der Waals surface area (Å²) in [6, 6.07) is 14.5. The van der Waals surface area contributed by atoms with Gasteiger partial charge in [0, 0.05) is 30.7 Å². The SMILES string of the molecule is COc1ccc(COc2c3c(c(N(C)S(C)(=O)=O)c4cccnc24)CN(Cc2ccco2)C3=O)cc1. The minimum atomic E-state index is -3.62. The van der Waals surface area contributed by atoms with Gasteiger partial charge in [-0.05, 0) is 42.0 Å². The van der Waals surface area contributed by atoms with Crippen LogP contribution in [0.1, 0.15) is 27.2 Å². The quantitative estimate of drug-likeness (QED) is 0.356. The average molecular weight is 508 g/mol. The number of nitrogens with zero attached hydrogens (tertiary/aromatic N) is 3. The van der Waals surface area contributed by atoms with Crippen molar-refractivity contribution in [1.29, 1.82) is 0 Å². The van der Waals surface area contributed by atoms with E-state index in [-0.39, 0.29) is 25.6 Å². The molecule has 2 aromatic heterocycles. The molecule has 2 aromatic carbocycles. The lowest BCUT2D eigenvalue weighted by molar-refractivity contribution is 0.0752. The Hall–Kier alpha value is -4.05. The second-order valence-corrected chi connectivity index (χ2v) is 10.6. The smallest absolute Gasteiger partial charge is 0.258 e. The van der Waals surface area contributed by atoms with Crippen molar-refractivity contribution in [3.05, 3.63) is 83.4 Å². The number of pyridine rings is 1. The van der Waals surface area contributed by atoms with Gasteiger partial charge in [-0.1, -0.05) is 12.1 Å². The summed E-state index contributed by atoms with van der Waals surface area (Å²) in [4.78, 5) is 19.8. The van der Waals surface area contributed by atoms with E-state index in [2.05, 4.69) is 4.98 Å². The molecule has 1 aliphatic rings. The van der Waals surface area contributed by atoms with Gasteiger partial charge < -0.3 is 18.8 Å². The number of fused-ring (bicyclic) bond motifs is 2. The van der Waals surface area contributed by atoms with Gasteiger partial charge in [-0.15, -0.1) is 0 Å². The number of benzene rings is 2. The molecule has 0 fully saturated rings. The molecule has 0 aliphatic carbocycles. The van der Waals surface area contributed by atoms with Gasteiger partial charge in [-0.25, -0.2) is 8.42 Å². The highest BCUT2D eigenvalue weighted by Gasteiger charge is 2.38. The summed E-state index contributed by atoms with van der Waals surface area (Å²) in [5.74, 6) is 1.40. The molecule has 0 saturated heterocycles. The zero-order chi connectivity index (χ0) is 25.4. The first-order valence-electron chi connectivity index (χ1n) is 11.2. The van der Waals surface area contributed by atoms with E-state index >= 15 is 0 Å². The third kappa shape index (κ3) is 4.24. The third-order valence-electron chi connectivity index (χ3n) is 6.22. The van der Waals surface area contributed by atoms with Crippen LogP contribution in [0.2, 0.25) is 0 Å². The number of aromatic nitrogens is 1. The van der Waals surface area contributed by atoms with E-state index in [1.54, 1.807) is 48.7 Å². The van der Waals surface area contributed by atoms with Crippen LogP contribution >= 0.6 is 0 Å². The third-order valence-corrected chi connectivity index (χ3v) is 7.40. The number of anilines is 1. The van der Waals surface area contributed by atoms with Crippen molar-refractivity contribution in [2.24, 2.45) is 0 Å². The summed E-state index contributed by atoms with van der Waals surface area (Å²) in [6.07, 6.45) is 4.28. The number of rotatable bonds is 8. The van der Waals surface area contributed by atoms with Crippen molar-refractivity contribution in [3.8, 4) is 11.5 Å². The maximum absolute atomic E-state index is 13.7. The van der Waals surface area contributed by atoms with Crippen molar-refractivity contribution < 1.29 is 27.1 Å². The Labute approximate surface area is 208 Å². The van der Waals surface area contributed by atoms with Gasteiger partial charge in [-0.2, -0.15) is 0 Å². The summed E-state index contributed by atoms with van der Waals surface area (Å²) < 4.78 is 43.3. The fourth-order valence-electron chi connectivity index (χ4n) is 4.38. The molecule has 0 radical (unpaired) electrons. The summed E-state index contributed by atoms with van der Waals surface area (Å²) in [5, 5.41) is 0.585. The summed E-state index contributed by atoms with van der Waals surface area (Å²) >= 11 is 0. The van der Waals surface area contributed by atoms with E-state index < -0.39 is 10.0 Å². The van der Waals surface area contributed by atoms with Gasteiger partial charge >= 0.3 is 0 Å². The van der Waals surface area contributed by atoms with Crippen LogP contribution in [0.15, 0.2) is 65.4 Å². The second-order valence-electron chi connectivity index (χ2n) is 8.54. The molecule has 4 aromatic rings. The van der Waals surface area contributed by atoms with E-state index in [9.17, 15) is 13.2 Å². The van der Waals surface area contributed by atoms with Crippen LogP contribution in [-0.4, -0.2) is 44.6 Å². The topological polar surface area (TPSA) is 102 Å². The average Bonchev–Trinajstić information content (AvgIpc) is 3.49. The fourth-order valence-corrected chi connectivity index (χ4v) is 4.92. The molecule has 0 bridgehead atoms. The van der Waals surface area contributed by atoms with Gasteiger partial charge in [-0.3, -0.25) is 14.1 Å². The molecule has 0 N–H and O–H groups in total. The molecule has 186 valence electrons. The molecule has 1 amide bonds. The maximum atomic E-state index is 13.7. The number of methoxy groups -OCH3 is 1. The Morgan fingerprint density at radius 2 is 1.92 bits per heavy atom. The monoisotopic (exact) mass is 507 g/mol. The van der Waals surface area contributed by atoms with Crippen molar-refractivity contribution >= 4 is 32.5 Å². The number of carbonyl (C=O) groups excluding carboxylic acids is 1. The van der Waals surface area contributed by atoms with E-state index in [1.807, 2.05) is 24.3 Å². The first-order valence-corrected chi connectivity index (χ1v) is 13.1. The predicted octanol–water partition coefficient (Wildman–Crippen LogP) is 3.97. The lowest BCUT2D eigenvalue weighted by Gasteiger charge is -2.23. The number of hydrogen-bond donors (Lipinski definition) is 0. The summed E-state index contributed by atoms with van der Waals surface area (Å²) in [7, 11) is -0.544. The molecule has 5 rings (SSSR count). The molecule has 1 aliphatic heterocycles. The summed E-state index contributed by atoms with van der Waals surface area (Å²) in [5.41, 5.74) is 2.60. The highest BCUT2D eigenvalue weighted by atomic mass is 32.2. The van der Waals surface area contributed by atoms with E-state index in [0.29, 0.717) is 39.2 Å². The van der Waals surface area contributed by atoms with Crippen molar-refractivity contribution in [2.75, 3.05) is 24.7 Å². The Bertz CT molecular complexity index is 1530. The number of sulfonamides is 1. The van der Waals surface area contributed by atoms with Gasteiger partial charge in [0.05, 0.1) is 37.4 Å². The lowest BCUT2D eigenvalue weighted by Crippen LogP contribution is -2.26.